The number of carboxylic acids is 1. The Bertz CT molecular complexity index is 684. The SMILES string of the molecule is CCCCCCCCCCCCCCCCCCCCCCCCN(CCCCCCCCCCCCCCCCCCCCCCCC)C(CCC)C(=O)[O-].[Li+]. The van der Waals surface area contributed by atoms with Crippen LogP contribution in [0.3, 0.4) is 0 Å². The second-order valence-corrected chi connectivity index (χ2v) is 18.5. The predicted octanol–water partition coefficient (Wildman–Crippen LogP) is 14.4. The van der Waals surface area contributed by atoms with E-state index in [4.69, 9.17) is 0 Å². The summed E-state index contributed by atoms with van der Waals surface area (Å²) in [6, 6.07) is -0.398. The van der Waals surface area contributed by atoms with Crippen LogP contribution in [0, 0.1) is 0 Å². The first-order valence-electron chi connectivity index (χ1n) is 26.6. The Morgan fingerprint density at radius 3 is 0.649 bits per heavy atom. The van der Waals surface area contributed by atoms with Crippen molar-refractivity contribution in [2.75, 3.05) is 13.1 Å². The number of aliphatic carboxylic acids is 1. The van der Waals surface area contributed by atoms with E-state index in [1.54, 1.807) is 0 Å². The molecule has 0 spiro atoms. The van der Waals surface area contributed by atoms with E-state index in [2.05, 4.69) is 25.7 Å². The molecule has 3 nitrogen and oxygen atoms in total. The molecule has 0 fully saturated rings. The fourth-order valence-corrected chi connectivity index (χ4v) is 8.99. The van der Waals surface area contributed by atoms with Gasteiger partial charge in [0.15, 0.2) is 0 Å². The number of hydrogen-bond acceptors (Lipinski definition) is 3. The maximum atomic E-state index is 12.0. The van der Waals surface area contributed by atoms with Crippen LogP contribution in [-0.2, 0) is 4.79 Å². The molecule has 0 aliphatic rings. The molecule has 0 aromatic rings. The minimum atomic E-state index is -0.857. The van der Waals surface area contributed by atoms with Gasteiger partial charge in [-0.3, -0.25) is 4.90 Å². The Morgan fingerprint density at radius 2 is 0.491 bits per heavy atom. The number of carbonyl (C=O) groups is 1. The van der Waals surface area contributed by atoms with E-state index in [0.717, 1.165) is 38.8 Å². The van der Waals surface area contributed by atoms with Crippen LogP contribution in [-0.4, -0.2) is 30.0 Å². The van der Waals surface area contributed by atoms with Crippen molar-refractivity contribution in [3.63, 3.8) is 0 Å². The first-order valence-corrected chi connectivity index (χ1v) is 26.6. The van der Waals surface area contributed by atoms with Gasteiger partial charge in [0.25, 0.3) is 0 Å². The second kappa shape index (κ2) is 52.2. The minimum absolute atomic E-state index is 0. The summed E-state index contributed by atoms with van der Waals surface area (Å²) in [4.78, 5) is 14.3. The molecule has 0 amide bonds. The normalized spacial score (nSPS) is 12.1. The molecule has 0 aliphatic heterocycles. The molecular weight excluding hydrogens is 690 g/mol. The Balaban J connectivity index is 0. The summed E-state index contributed by atoms with van der Waals surface area (Å²) in [5.74, 6) is -0.857. The third kappa shape index (κ3) is 46.9. The van der Waals surface area contributed by atoms with Crippen molar-refractivity contribution in [3.05, 3.63) is 0 Å². The van der Waals surface area contributed by atoms with Gasteiger partial charge in [0.2, 0.25) is 0 Å². The Labute approximate surface area is 373 Å². The summed E-state index contributed by atoms with van der Waals surface area (Å²) >= 11 is 0. The van der Waals surface area contributed by atoms with Crippen molar-refractivity contribution in [2.24, 2.45) is 0 Å². The van der Waals surface area contributed by atoms with Crippen molar-refractivity contribution < 1.29 is 28.8 Å². The van der Waals surface area contributed by atoms with Gasteiger partial charge in [-0.15, -0.1) is 0 Å². The van der Waals surface area contributed by atoms with Gasteiger partial charge in [0.05, 0.1) is 5.97 Å². The summed E-state index contributed by atoms with van der Waals surface area (Å²) in [5, 5.41) is 12.0. The number of rotatable bonds is 50. The molecule has 0 saturated heterocycles. The van der Waals surface area contributed by atoms with Gasteiger partial charge in [0.1, 0.15) is 0 Å². The molecular formula is C53H106LiNO2. The van der Waals surface area contributed by atoms with E-state index in [0.29, 0.717) is 0 Å². The summed E-state index contributed by atoms with van der Waals surface area (Å²) in [6.45, 7) is 8.56. The molecule has 4 heteroatoms. The largest absolute Gasteiger partial charge is 1.00 e. The van der Waals surface area contributed by atoms with Crippen LogP contribution in [0.2, 0.25) is 0 Å². The van der Waals surface area contributed by atoms with Crippen molar-refractivity contribution >= 4 is 5.97 Å². The van der Waals surface area contributed by atoms with Gasteiger partial charge in [-0.25, -0.2) is 0 Å². The van der Waals surface area contributed by atoms with Crippen LogP contribution >= 0.6 is 0 Å². The number of carboxylic acid groups (broad SMARTS) is 1. The van der Waals surface area contributed by atoms with Crippen molar-refractivity contribution in [3.8, 4) is 0 Å². The van der Waals surface area contributed by atoms with E-state index < -0.39 is 12.0 Å². The Kier molecular flexibility index (Phi) is 54.1. The zero-order chi connectivity index (χ0) is 40.7. The zero-order valence-electron chi connectivity index (χ0n) is 40.3. The molecule has 336 valence electrons. The number of carbonyl (C=O) groups excluding carboxylic acids is 1. The molecule has 0 N–H and O–H groups in total. The standard InChI is InChI=1S/C53H107NO2.Li/c1-4-7-9-11-13-15-17-19-21-23-25-27-29-31-33-35-37-39-41-43-45-47-50-54(52(49-6-3)53(55)56)51-48-46-44-42-40-38-36-34-32-30-28-26-24-22-20-18-16-14-12-10-8-5-2;/h52H,4-51H2,1-3H3,(H,55,56);/q;+1/p-1. The van der Waals surface area contributed by atoms with Gasteiger partial charge < -0.3 is 9.90 Å². The molecule has 1 atom stereocenters. The smallest absolute Gasteiger partial charge is 0.548 e. The van der Waals surface area contributed by atoms with Gasteiger partial charge in [-0.2, -0.15) is 0 Å². The third-order valence-corrected chi connectivity index (χ3v) is 12.9. The van der Waals surface area contributed by atoms with Gasteiger partial charge in [0, 0.05) is 6.04 Å². The van der Waals surface area contributed by atoms with Gasteiger partial charge in [-0.1, -0.05) is 297 Å². The molecule has 0 aromatic heterocycles. The Morgan fingerprint density at radius 1 is 0.316 bits per heavy atom. The maximum absolute atomic E-state index is 12.0. The summed E-state index contributed by atoms with van der Waals surface area (Å²) in [5.41, 5.74) is 0. The summed E-state index contributed by atoms with van der Waals surface area (Å²) < 4.78 is 0. The molecule has 0 saturated carbocycles. The van der Waals surface area contributed by atoms with Crippen LogP contribution in [0.4, 0.5) is 0 Å². The van der Waals surface area contributed by atoms with Crippen LogP contribution in [0.25, 0.3) is 0 Å². The molecule has 0 radical (unpaired) electrons. The van der Waals surface area contributed by atoms with Gasteiger partial charge in [-0.05, 0) is 32.4 Å². The van der Waals surface area contributed by atoms with E-state index in [9.17, 15) is 9.90 Å². The van der Waals surface area contributed by atoms with Crippen LogP contribution < -0.4 is 24.0 Å². The first-order chi connectivity index (χ1) is 27.7. The monoisotopic (exact) mass is 796 g/mol. The van der Waals surface area contributed by atoms with E-state index in [-0.39, 0.29) is 18.9 Å². The van der Waals surface area contributed by atoms with E-state index >= 15 is 0 Å². The van der Waals surface area contributed by atoms with Crippen LogP contribution in [0.15, 0.2) is 0 Å². The Hall–Kier alpha value is 0.0274. The number of unbranched alkanes of at least 4 members (excludes halogenated alkanes) is 42. The van der Waals surface area contributed by atoms with Crippen molar-refractivity contribution in [2.45, 2.75) is 322 Å². The second-order valence-electron chi connectivity index (χ2n) is 18.5. The maximum Gasteiger partial charge on any atom is 1.00 e. The fraction of sp³-hybridized carbons (Fsp3) is 0.981. The van der Waals surface area contributed by atoms with E-state index in [1.165, 1.54) is 270 Å². The van der Waals surface area contributed by atoms with E-state index in [1.807, 2.05) is 0 Å². The zero-order valence-corrected chi connectivity index (χ0v) is 40.3. The molecule has 0 bridgehead atoms. The van der Waals surface area contributed by atoms with Crippen molar-refractivity contribution in [1.29, 1.82) is 0 Å². The summed E-state index contributed by atoms with van der Waals surface area (Å²) in [7, 11) is 0. The average molecular weight is 796 g/mol. The molecule has 0 rings (SSSR count). The molecule has 0 heterocycles. The first kappa shape index (κ1) is 59.1. The quantitative estimate of drug-likeness (QED) is 0.0455. The summed E-state index contributed by atoms with van der Waals surface area (Å²) in [6.07, 6.45) is 63.4. The molecule has 0 aliphatic carbocycles. The van der Waals surface area contributed by atoms with Gasteiger partial charge >= 0.3 is 18.9 Å². The van der Waals surface area contributed by atoms with Crippen LogP contribution in [0.5, 0.6) is 0 Å². The average Bonchev–Trinajstić information content (AvgIpc) is 3.20. The number of hydrogen-bond donors (Lipinski definition) is 0. The minimum Gasteiger partial charge on any atom is -0.548 e. The predicted molar refractivity (Wildman–Crippen MR) is 250 cm³/mol. The van der Waals surface area contributed by atoms with Crippen LogP contribution in [0.1, 0.15) is 316 Å². The fourth-order valence-electron chi connectivity index (χ4n) is 8.99. The third-order valence-electron chi connectivity index (χ3n) is 12.9. The van der Waals surface area contributed by atoms with Crippen molar-refractivity contribution in [1.82, 2.24) is 4.90 Å². The molecule has 57 heavy (non-hydrogen) atoms. The topological polar surface area (TPSA) is 43.4 Å². The number of nitrogens with zero attached hydrogens (tertiary/aromatic N) is 1. The molecule has 1 unspecified atom stereocenters. The molecule has 0 aromatic carbocycles.